The number of carbonyl (C=O) groups is 1. The molecule has 1 fully saturated rings. The molecule has 0 radical (unpaired) electrons. The van der Waals surface area contributed by atoms with Gasteiger partial charge in [-0.05, 0) is 24.1 Å². The van der Waals surface area contributed by atoms with Gasteiger partial charge in [-0.3, -0.25) is 4.79 Å². The summed E-state index contributed by atoms with van der Waals surface area (Å²) < 4.78 is 5.05. The lowest BCUT2D eigenvalue weighted by molar-refractivity contribution is -0.141. The Morgan fingerprint density at radius 3 is 2.73 bits per heavy atom. The minimum Gasteiger partial charge on any atom is -0.504 e. The average molecular weight is 208 g/mol. The first-order valence-corrected chi connectivity index (χ1v) is 4.85. The van der Waals surface area contributed by atoms with Gasteiger partial charge in [-0.15, -0.1) is 0 Å². The highest BCUT2D eigenvalue weighted by Crippen LogP contribution is 2.27. The molecule has 0 spiro atoms. The lowest BCUT2D eigenvalue weighted by Crippen LogP contribution is -2.10. The molecule has 1 saturated heterocycles. The third kappa shape index (κ3) is 2.21. The number of carbonyl (C=O) groups excluding carboxylic acids is 1. The fourth-order valence-electron chi connectivity index (χ4n) is 1.69. The fourth-order valence-corrected chi connectivity index (χ4v) is 1.69. The maximum atomic E-state index is 10.9. The Bertz CT molecular complexity index is 386. The van der Waals surface area contributed by atoms with Crippen molar-refractivity contribution in [2.75, 3.05) is 0 Å². The predicted molar refractivity (Wildman–Crippen MR) is 52.6 cm³/mol. The quantitative estimate of drug-likeness (QED) is 0.568. The van der Waals surface area contributed by atoms with E-state index in [2.05, 4.69) is 0 Å². The van der Waals surface area contributed by atoms with E-state index in [1.807, 2.05) is 0 Å². The Hall–Kier alpha value is -1.71. The third-order valence-electron chi connectivity index (χ3n) is 2.47. The second-order valence-corrected chi connectivity index (χ2v) is 3.68. The molecule has 2 rings (SSSR count). The number of rotatable bonds is 2. The van der Waals surface area contributed by atoms with Crippen molar-refractivity contribution in [1.82, 2.24) is 0 Å². The van der Waals surface area contributed by atoms with Gasteiger partial charge in [0.15, 0.2) is 11.5 Å². The molecule has 0 saturated carbocycles. The first kappa shape index (κ1) is 9.83. The largest absolute Gasteiger partial charge is 0.504 e. The SMILES string of the molecule is O=C1CCC(Cc2ccc(O)c(O)c2)O1. The van der Waals surface area contributed by atoms with Crippen LogP contribution in [0.3, 0.4) is 0 Å². The number of phenols is 2. The summed E-state index contributed by atoms with van der Waals surface area (Å²) in [4.78, 5) is 10.9. The zero-order valence-corrected chi connectivity index (χ0v) is 8.14. The Kier molecular flexibility index (Phi) is 2.49. The maximum absolute atomic E-state index is 10.9. The number of phenolic OH excluding ortho intramolecular Hbond substituents is 2. The maximum Gasteiger partial charge on any atom is 0.306 e. The Morgan fingerprint density at radius 1 is 1.33 bits per heavy atom. The van der Waals surface area contributed by atoms with Crippen LogP contribution in [-0.2, 0) is 16.0 Å². The van der Waals surface area contributed by atoms with Gasteiger partial charge in [0.2, 0.25) is 0 Å². The molecule has 1 aromatic carbocycles. The highest BCUT2D eigenvalue weighted by Gasteiger charge is 2.23. The highest BCUT2D eigenvalue weighted by molar-refractivity contribution is 5.71. The van der Waals surface area contributed by atoms with Crippen molar-refractivity contribution in [2.45, 2.75) is 25.4 Å². The number of ether oxygens (including phenoxy) is 1. The summed E-state index contributed by atoms with van der Waals surface area (Å²) in [5, 5.41) is 18.4. The molecule has 1 aromatic rings. The molecule has 0 aromatic heterocycles. The number of benzene rings is 1. The van der Waals surface area contributed by atoms with E-state index in [1.165, 1.54) is 12.1 Å². The van der Waals surface area contributed by atoms with Crippen LogP contribution in [0.4, 0.5) is 0 Å². The number of cyclic esters (lactones) is 1. The molecule has 4 nitrogen and oxygen atoms in total. The van der Waals surface area contributed by atoms with E-state index >= 15 is 0 Å². The molecule has 80 valence electrons. The lowest BCUT2D eigenvalue weighted by atomic mass is 10.1. The van der Waals surface area contributed by atoms with Crippen LogP contribution in [0.2, 0.25) is 0 Å². The summed E-state index contributed by atoms with van der Waals surface area (Å²) in [5.74, 6) is -0.443. The molecule has 0 aliphatic carbocycles. The van der Waals surface area contributed by atoms with Gasteiger partial charge in [0.25, 0.3) is 0 Å². The lowest BCUT2D eigenvalue weighted by Gasteiger charge is -2.09. The zero-order valence-electron chi connectivity index (χ0n) is 8.14. The number of aromatic hydroxyl groups is 2. The summed E-state index contributed by atoms with van der Waals surface area (Å²) in [6, 6.07) is 4.63. The number of esters is 1. The molecular formula is C11H12O4. The molecule has 1 aliphatic rings. The Labute approximate surface area is 87.1 Å². The van der Waals surface area contributed by atoms with Gasteiger partial charge in [-0.25, -0.2) is 0 Å². The summed E-state index contributed by atoms with van der Waals surface area (Å²) in [5.41, 5.74) is 0.852. The molecule has 1 atom stereocenters. The molecule has 1 unspecified atom stereocenters. The van der Waals surface area contributed by atoms with Crippen molar-refractivity contribution in [3.63, 3.8) is 0 Å². The van der Waals surface area contributed by atoms with Crippen LogP contribution in [0.25, 0.3) is 0 Å². The summed E-state index contributed by atoms with van der Waals surface area (Å²) >= 11 is 0. The average Bonchev–Trinajstić information content (AvgIpc) is 2.58. The Morgan fingerprint density at radius 2 is 2.13 bits per heavy atom. The van der Waals surface area contributed by atoms with Crippen LogP contribution in [-0.4, -0.2) is 22.3 Å². The smallest absolute Gasteiger partial charge is 0.306 e. The van der Waals surface area contributed by atoms with E-state index in [9.17, 15) is 9.90 Å². The van der Waals surface area contributed by atoms with Crippen LogP contribution >= 0.6 is 0 Å². The molecule has 1 aliphatic heterocycles. The molecular weight excluding hydrogens is 196 g/mol. The van der Waals surface area contributed by atoms with Gasteiger partial charge in [0.05, 0.1) is 0 Å². The van der Waals surface area contributed by atoms with Gasteiger partial charge in [0, 0.05) is 12.8 Å². The van der Waals surface area contributed by atoms with Crippen LogP contribution in [0.15, 0.2) is 18.2 Å². The van der Waals surface area contributed by atoms with Gasteiger partial charge < -0.3 is 14.9 Å². The normalized spacial score (nSPS) is 20.3. The van der Waals surface area contributed by atoms with Gasteiger partial charge in [0.1, 0.15) is 6.10 Å². The van der Waals surface area contributed by atoms with Crippen molar-refractivity contribution in [2.24, 2.45) is 0 Å². The van der Waals surface area contributed by atoms with E-state index < -0.39 is 0 Å². The van der Waals surface area contributed by atoms with Crippen molar-refractivity contribution in [1.29, 1.82) is 0 Å². The Balaban J connectivity index is 2.05. The highest BCUT2D eigenvalue weighted by atomic mass is 16.5. The van der Waals surface area contributed by atoms with Crippen LogP contribution < -0.4 is 0 Å². The van der Waals surface area contributed by atoms with Gasteiger partial charge >= 0.3 is 5.97 Å². The van der Waals surface area contributed by atoms with E-state index in [1.54, 1.807) is 6.07 Å². The van der Waals surface area contributed by atoms with E-state index in [0.29, 0.717) is 12.8 Å². The van der Waals surface area contributed by atoms with Crippen molar-refractivity contribution in [3.8, 4) is 11.5 Å². The first-order valence-electron chi connectivity index (χ1n) is 4.85. The van der Waals surface area contributed by atoms with Crippen LogP contribution in [0, 0.1) is 0 Å². The van der Waals surface area contributed by atoms with E-state index in [4.69, 9.17) is 9.84 Å². The van der Waals surface area contributed by atoms with Gasteiger partial charge in [-0.1, -0.05) is 6.07 Å². The molecule has 2 N–H and O–H groups in total. The first-order chi connectivity index (χ1) is 7.15. The summed E-state index contributed by atoms with van der Waals surface area (Å²) in [7, 11) is 0. The molecule has 1 heterocycles. The summed E-state index contributed by atoms with van der Waals surface area (Å²) in [6.07, 6.45) is 1.68. The molecule has 15 heavy (non-hydrogen) atoms. The minimum atomic E-state index is -0.164. The summed E-state index contributed by atoms with van der Waals surface area (Å²) in [6.45, 7) is 0. The monoisotopic (exact) mass is 208 g/mol. The number of hydrogen-bond donors (Lipinski definition) is 2. The topological polar surface area (TPSA) is 66.8 Å². The predicted octanol–water partition coefficient (Wildman–Crippen LogP) is 1.35. The molecule has 0 bridgehead atoms. The van der Waals surface area contributed by atoms with Crippen molar-refractivity contribution in [3.05, 3.63) is 23.8 Å². The fraction of sp³-hybridized carbons (Fsp3) is 0.364. The minimum absolute atomic E-state index is 0.0959. The number of hydrogen-bond acceptors (Lipinski definition) is 4. The molecule has 0 amide bonds. The van der Waals surface area contributed by atoms with Crippen molar-refractivity contribution >= 4 is 5.97 Å². The zero-order chi connectivity index (χ0) is 10.8. The molecule has 4 heteroatoms. The van der Waals surface area contributed by atoms with Gasteiger partial charge in [-0.2, -0.15) is 0 Å². The van der Waals surface area contributed by atoms with Crippen molar-refractivity contribution < 1.29 is 19.7 Å². The van der Waals surface area contributed by atoms with E-state index in [-0.39, 0.29) is 23.6 Å². The van der Waals surface area contributed by atoms with Crippen LogP contribution in [0.1, 0.15) is 18.4 Å². The second kappa shape index (κ2) is 3.81. The third-order valence-corrected chi connectivity index (χ3v) is 2.47. The van der Waals surface area contributed by atoms with E-state index in [0.717, 1.165) is 12.0 Å². The standard InChI is InChI=1S/C11H12O4/c12-9-3-1-7(6-10(9)13)5-8-2-4-11(14)15-8/h1,3,6,8,12-13H,2,4-5H2. The van der Waals surface area contributed by atoms with Crippen LogP contribution in [0.5, 0.6) is 11.5 Å². The second-order valence-electron chi connectivity index (χ2n) is 3.68.